The zero-order chi connectivity index (χ0) is 31.8. The maximum absolute atomic E-state index is 12.9. The summed E-state index contributed by atoms with van der Waals surface area (Å²) in [5, 5.41) is 9.54. The van der Waals surface area contributed by atoms with Gasteiger partial charge < -0.3 is 19.5 Å². The topological polar surface area (TPSA) is 88.1 Å². The third-order valence-corrected chi connectivity index (χ3v) is 10.5. The number of sulfonamides is 1. The molecule has 2 aliphatic heterocycles. The second-order valence-electron chi connectivity index (χ2n) is 12.3. The number of hydrogen-bond acceptors (Lipinski definition) is 6. The summed E-state index contributed by atoms with van der Waals surface area (Å²) in [7, 11) is -3.63. The minimum absolute atomic E-state index is 0.0174. The number of nitrogens with one attached hydrogen (secondary N) is 1. The second-order valence-corrected chi connectivity index (χ2v) is 14.1. The Morgan fingerprint density at radius 3 is 2.11 bits per heavy atom. The maximum Gasteiger partial charge on any atom is 0.240 e. The molecule has 2 N–H and O–H groups in total. The predicted octanol–water partition coefficient (Wildman–Crippen LogP) is 7.14. The number of ether oxygens (including phenoxy) is 2. The zero-order valence-corrected chi connectivity index (χ0v) is 27.1. The van der Waals surface area contributed by atoms with Crippen molar-refractivity contribution in [3.05, 3.63) is 125 Å². The number of hydrogen-bond donors (Lipinski definition) is 2. The summed E-state index contributed by atoms with van der Waals surface area (Å²) < 4.78 is 41.7. The van der Waals surface area contributed by atoms with E-state index in [9.17, 15) is 13.5 Å². The minimum Gasteiger partial charge on any atom is -0.392 e. The van der Waals surface area contributed by atoms with Crippen LogP contribution >= 0.6 is 0 Å². The van der Waals surface area contributed by atoms with Gasteiger partial charge in [0, 0.05) is 25.1 Å². The summed E-state index contributed by atoms with van der Waals surface area (Å²) in [6, 6.07) is 32.5. The lowest BCUT2D eigenvalue weighted by Gasteiger charge is -2.39. The third kappa shape index (κ3) is 8.31. The van der Waals surface area contributed by atoms with Gasteiger partial charge in [-0.2, -0.15) is 0 Å². The zero-order valence-electron chi connectivity index (χ0n) is 26.3. The van der Waals surface area contributed by atoms with E-state index in [0.717, 1.165) is 59.4 Å². The summed E-state index contributed by atoms with van der Waals surface area (Å²) in [5.41, 5.74) is 5.76. The highest BCUT2D eigenvalue weighted by Gasteiger charge is 2.33. The molecule has 0 amide bonds. The van der Waals surface area contributed by atoms with Crippen LogP contribution < -0.4 is 4.72 Å². The van der Waals surface area contributed by atoms with Crippen molar-refractivity contribution in [3.63, 3.8) is 0 Å². The van der Waals surface area contributed by atoms with Gasteiger partial charge in [0.25, 0.3) is 0 Å². The molecule has 8 heteroatoms. The van der Waals surface area contributed by atoms with E-state index in [4.69, 9.17) is 9.47 Å². The Balaban J connectivity index is 1.20. The fourth-order valence-corrected chi connectivity index (χ4v) is 7.48. The molecule has 4 aromatic rings. The van der Waals surface area contributed by atoms with E-state index < -0.39 is 16.3 Å². The number of aliphatic hydroxyl groups is 1. The maximum atomic E-state index is 12.9. The molecule has 3 atom stereocenters. The summed E-state index contributed by atoms with van der Waals surface area (Å²) in [4.78, 5) is 2.81. The van der Waals surface area contributed by atoms with Crippen molar-refractivity contribution in [1.82, 2.24) is 9.62 Å². The Bertz CT molecular complexity index is 1640. The first-order valence-corrected chi connectivity index (χ1v) is 17.9. The molecular formula is C38H44N2O5S. The second kappa shape index (κ2) is 15.5. The molecule has 0 saturated carbocycles. The van der Waals surface area contributed by atoms with E-state index in [1.165, 1.54) is 32.1 Å². The van der Waals surface area contributed by atoms with Crippen LogP contribution in [0.3, 0.4) is 0 Å². The van der Waals surface area contributed by atoms with Crippen LogP contribution in [0.4, 0.5) is 0 Å². The monoisotopic (exact) mass is 640 g/mol. The van der Waals surface area contributed by atoms with Crippen molar-refractivity contribution in [2.75, 3.05) is 19.6 Å². The number of nitrogens with zero attached hydrogens (tertiary/aromatic N) is 1. The molecule has 0 spiro atoms. The standard InChI is InChI=1S/C38H44N2O5S/c41-28-29-15-17-31(18-16-29)37-25-34(27-40-23-9-2-1-3-10-24-40)44-38(45-37)32-21-19-30(20-22-32)36-14-8-7-11-33(36)26-39-46(42,43)35-12-5-4-6-13-35/h4-8,11-22,34,37-39,41H,1-3,9-10,23-28H2. The van der Waals surface area contributed by atoms with Crippen molar-refractivity contribution in [1.29, 1.82) is 0 Å². The molecular weight excluding hydrogens is 596 g/mol. The summed E-state index contributed by atoms with van der Waals surface area (Å²) >= 11 is 0. The van der Waals surface area contributed by atoms with Crippen LogP contribution in [0.15, 0.2) is 108 Å². The Labute approximate surface area is 273 Å². The Hall–Kier alpha value is -3.37. The molecule has 7 nitrogen and oxygen atoms in total. The molecule has 4 aromatic carbocycles. The van der Waals surface area contributed by atoms with Gasteiger partial charge in [-0.15, -0.1) is 0 Å². The van der Waals surface area contributed by atoms with E-state index in [1.807, 2.05) is 36.4 Å². The number of rotatable bonds is 10. The van der Waals surface area contributed by atoms with Crippen LogP contribution in [0.5, 0.6) is 0 Å². The van der Waals surface area contributed by atoms with Crippen molar-refractivity contribution in [3.8, 4) is 11.1 Å². The summed E-state index contributed by atoms with van der Waals surface area (Å²) in [5.74, 6) is 0. The number of benzene rings is 4. The lowest BCUT2D eigenvalue weighted by molar-refractivity contribution is -0.253. The molecule has 242 valence electrons. The van der Waals surface area contributed by atoms with Gasteiger partial charge >= 0.3 is 0 Å². The van der Waals surface area contributed by atoms with Crippen molar-refractivity contribution in [2.24, 2.45) is 0 Å². The summed E-state index contributed by atoms with van der Waals surface area (Å²) in [6.45, 7) is 3.30. The first kappa shape index (κ1) is 32.6. The molecule has 3 unspecified atom stereocenters. The van der Waals surface area contributed by atoms with E-state index >= 15 is 0 Å². The molecule has 2 heterocycles. The highest BCUT2D eigenvalue weighted by Crippen LogP contribution is 2.39. The SMILES string of the molecule is O=S(=O)(NCc1ccccc1-c1ccc(C2OC(CN3CCCCCCC3)CC(c3ccc(CO)cc3)O2)cc1)c1ccccc1. The smallest absolute Gasteiger partial charge is 0.240 e. The summed E-state index contributed by atoms with van der Waals surface area (Å²) in [6.07, 6.45) is 6.55. The van der Waals surface area contributed by atoms with Crippen molar-refractivity contribution < 1.29 is 23.0 Å². The minimum atomic E-state index is -3.63. The highest BCUT2D eigenvalue weighted by atomic mass is 32.2. The van der Waals surface area contributed by atoms with Gasteiger partial charge in [0.05, 0.1) is 23.7 Å². The van der Waals surface area contributed by atoms with Gasteiger partial charge in [0.2, 0.25) is 10.0 Å². The highest BCUT2D eigenvalue weighted by molar-refractivity contribution is 7.89. The van der Waals surface area contributed by atoms with Gasteiger partial charge in [0.1, 0.15) is 0 Å². The normalized spacial score (nSPS) is 21.4. The van der Waals surface area contributed by atoms with E-state index in [0.29, 0.717) is 0 Å². The molecule has 0 radical (unpaired) electrons. The van der Waals surface area contributed by atoms with E-state index in [-0.39, 0.29) is 30.3 Å². The van der Waals surface area contributed by atoms with Gasteiger partial charge in [-0.3, -0.25) is 0 Å². The molecule has 6 rings (SSSR count). The first-order chi connectivity index (χ1) is 22.5. The molecule has 0 aliphatic carbocycles. The van der Waals surface area contributed by atoms with Gasteiger partial charge in [0.15, 0.2) is 6.29 Å². The predicted molar refractivity (Wildman–Crippen MR) is 180 cm³/mol. The fraction of sp³-hybridized carbons (Fsp3) is 0.368. The van der Waals surface area contributed by atoms with Crippen LogP contribution in [0.25, 0.3) is 11.1 Å². The van der Waals surface area contributed by atoms with Crippen LogP contribution in [-0.2, 0) is 32.6 Å². The Kier molecular flexibility index (Phi) is 11.0. The largest absolute Gasteiger partial charge is 0.392 e. The van der Waals surface area contributed by atoms with Crippen LogP contribution in [-0.4, -0.2) is 44.2 Å². The lowest BCUT2D eigenvalue weighted by atomic mass is 9.97. The fourth-order valence-electron chi connectivity index (χ4n) is 6.45. The molecule has 2 fully saturated rings. The average Bonchev–Trinajstić information content (AvgIpc) is 3.09. The molecule has 2 saturated heterocycles. The van der Waals surface area contributed by atoms with Crippen LogP contribution in [0.1, 0.15) is 73.2 Å². The molecule has 46 heavy (non-hydrogen) atoms. The Morgan fingerprint density at radius 2 is 1.39 bits per heavy atom. The van der Waals surface area contributed by atoms with Crippen LogP contribution in [0.2, 0.25) is 0 Å². The van der Waals surface area contributed by atoms with Crippen LogP contribution in [0, 0.1) is 0 Å². The van der Waals surface area contributed by atoms with Gasteiger partial charge in [-0.05, 0) is 65.9 Å². The molecule has 2 aliphatic rings. The third-order valence-electron chi connectivity index (χ3n) is 9.04. The van der Waals surface area contributed by atoms with E-state index in [1.54, 1.807) is 30.3 Å². The molecule has 0 aromatic heterocycles. The van der Waals surface area contributed by atoms with E-state index in [2.05, 4.69) is 46.0 Å². The first-order valence-electron chi connectivity index (χ1n) is 16.4. The lowest BCUT2D eigenvalue weighted by Crippen LogP contribution is -2.40. The number of aliphatic hydroxyl groups excluding tert-OH is 1. The molecule has 0 bridgehead atoms. The number of likely N-dealkylation sites (tertiary alicyclic amines) is 1. The quantitative estimate of drug-likeness (QED) is 0.192. The van der Waals surface area contributed by atoms with Gasteiger partial charge in [-0.1, -0.05) is 110 Å². The van der Waals surface area contributed by atoms with Crippen molar-refractivity contribution in [2.45, 2.75) is 75.1 Å². The van der Waals surface area contributed by atoms with Crippen molar-refractivity contribution >= 4 is 10.0 Å². The van der Waals surface area contributed by atoms with Gasteiger partial charge in [-0.25, -0.2) is 13.1 Å². The average molecular weight is 641 g/mol. The Morgan fingerprint density at radius 1 is 0.739 bits per heavy atom.